The molecule has 0 unspecified atom stereocenters. The van der Waals surface area contributed by atoms with Gasteiger partial charge < -0.3 is 14.5 Å². The summed E-state index contributed by atoms with van der Waals surface area (Å²) in [6, 6.07) is 51.2. The third kappa shape index (κ3) is 3.81. The predicted molar refractivity (Wildman–Crippen MR) is 208 cm³/mol. The van der Waals surface area contributed by atoms with Gasteiger partial charge in [0.25, 0.3) is 0 Å². The van der Waals surface area contributed by atoms with Gasteiger partial charge in [-0.2, -0.15) is 0 Å². The Hall–Kier alpha value is -5.80. The van der Waals surface area contributed by atoms with Crippen molar-refractivity contribution in [1.82, 2.24) is 0 Å². The second-order valence-corrected chi connectivity index (χ2v) is 15.0. The number of para-hydroxylation sites is 2. The molecule has 7 aromatic rings. The first kappa shape index (κ1) is 29.1. The van der Waals surface area contributed by atoms with Crippen molar-refractivity contribution in [3.63, 3.8) is 0 Å². The van der Waals surface area contributed by atoms with Crippen molar-refractivity contribution in [2.45, 2.75) is 45.4 Å². The molecule has 0 aromatic heterocycles. The minimum Gasteiger partial charge on any atom is -0.453 e. The molecule has 0 radical (unpaired) electrons. The molecule has 50 heavy (non-hydrogen) atoms. The Labute approximate surface area is 294 Å². The smallest absolute Gasteiger partial charge is 0.152 e. The van der Waals surface area contributed by atoms with Crippen LogP contribution in [0.2, 0.25) is 0 Å². The van der Waals surface area contributed by atoms with Crippen LogP contribution in [0.5, 0.6) is 11.5 Å². The first-order chi connectivity index (χ1) is 24.2. The summed E-state index contributed by atoms with van der Waals surface area (Å²) in [7, 11) is 0. The zero-order valence-corrected chi connectivity index (χ0v) is 29.1. The fourth-order valence-electron chi connectivity index (χ4n) is 9.11. The van der Waals surface area contributed by atoms with E-state index in [1.807, 2.05) is 0 Å². The van der Waals surface area contributed by atoms with Gasteiger partial charge in [-0.1, -0.05) is 125 Å². The van der Waals surface area contributed by atoms with Gasteiger partial charge in [-0.05, 0) is 88.2 Å². The van der Waals surface area contributed by atoms with Gasteiger partial charge in [-0.15, -0.1) is 0 Å². The quantitative estimate of drug-likeness (QED) is 0.190. The van der Waals surface area contributed by atoms with E-state index in [9.17, 15) is 0 Å². The van der Waals surface area contributed by atoms with Gasteiger partial charge in [0, 0.05) is 27.5 Å². The highest BCUT2D eigenvalue weighted by Gasteiger charge is 2.45. The van der Waals surface area contributed by atoms with Gasteiger partial charge >= 0.3 is 0 Å². The van der Waals surface area contributed by atoms with Gasteiger partial charge in [0.2, 0.25) is 0 Å². The molecule has 0 bridgehead atoms. The topological polar surface area (TPSA) is 15.7 Å². The summed E-state index contributed by atoms with van der Waals surface area (Å²) in [6.07, 6.45) is 0. The van der Waals surface area contributed by atoms with Crippen molar-refractivity contribution in [2.24, 2.45) is 0 Å². The maximum atomic E-state index is 6.79. The molecule has 2 heterocycles. The van der Waals surface area contributed by atoms with Gasteiger partial charge in [0.1, 0.15) is 0 Å². The second kappa shape index (κ2) is 10.1. The van der Waals surface area contributed by atoms with Gasteiger partial charge in [0.15, 0.2) is 11.5 Å². The largest absolute Gasteiger partial charge is 0.453 e. The van der Waals surface area contributed by atoms with Crippen molar-refractivity contribution in [3.05, 3.63) is 167 Å². The summed E-state index contributed by atoms with van der Waals surface area (Å²) in [6.45, 7) is 11.7. The van der Waals surface area contributed by atoms with E-state index < -0.39 is 0 Å². The van der Waals surface area contributed by atoms with Crippen molar-refractivity contribution in [2.75, 3.05) is 9.80 Å². The summed E-state index contributed by atoms with van der Waals surface area (Å²) in [4.78, 5) is 4.98. The molecule has 242 valence electrons. The fraction of sp³-hybridized carbons (Fsp3) is 0.149. The van der Waals surface area contributed by atoms with Crippen LogP contribution in [0.25, 0.3) is 21.9 Å². The van der Waals surface area contributed by atoms with Gasteiger partial charge in [-0.3, -0.25) is 0 Å². The molecule has 0 amide bonds. The van der Waals surface area contributed by atoms with E-state index in [4.69, 9.17) is 4.74 Å². The summed E-state index contributed by atoms with van der Waals surface area (Å²) in [5.41, 5.74) is 15.5. The van der Waals surface area contributed by atoms with E-state index in [2.05, 4.69) is 184 Å². The summed E-state index contributed by atoms with van der Waals surface area (Å²) < 4.78 is 6.79. The minimum absolute atomic E-state index is 0.124. The van der Waals surface area contributed by atoms with Crippen LogP contribution in [0.15, 0.2) is 140 Å². The number of benzene rings is 7. The lowest BCUT2D eigenvalue weighted by Crippen LogP contribution is -2.34. The molecule has 0 saturated carbocycles. The Balaban J connectivity index is 1.30. The van der Waals surface area contributed by atoms with E-state index in [0.29, 0.717) is 0 Å². The molecular formula is C47H38N2O. The highest BCUT2D eigenvalue weighted by molar-refractivity contribution is 6.03. The Morgan fingerprint density at radius 1 is 0.540 bits per heavy atom. The average molecular weight is 647 g/mol. The SMILES string of the molecule is Cc1cccc2c1N1c3ccccc3C(C)(C)c3c(N(c4ccc5c(c4)C(C)(C)c4ccccc4-5)c4cccc5ccccc45)ccc(c31)O2. The van der Waals surface area contributed by atoms with Crippen molar-refractivity contribution in [3.8, 4) is 22.6 Å². The van der Waals surface area contributed by atoms with Crippen molar-refractivity contribution >= 4 is 44.9 Å². The van der Waals surface area contributed by atoms with Crippen LogP contribution in [0.1, 0.15) is 55.5 Å². The first-order valence-corrected chi connectivity index (χ1v) is 17.6. The number of hydrogen-bond donors (Lipinski definition) is 0. The Kier molecular flexibility index (Phi) is 5.90. The number of anilines is 6. The molecule has 7 aromatic carbocycles. The van der Waals surface area contributed by atoms with Crippen molar-refractivity contribution in [1.29, 1.82) is 0 Å². The average Bonchev–Trinajstić information content (AvgIpc) is 3.36. The lowest BCUT2D eigenvalue weighted by Gasteiger charge is -2.47. The number of hydrogen-bond acceptors (Lipinski definition) is 3. The molecule has 10 rings (SSSR count). The zero-order valence-electron chi connectivity index (χ0n) is 29.1. The first-order valence-electron chi connectivity index (χ1n) is 17.6. The lowest BCUT2D eigenvalue weighted by molar-refractivity contribution is 0.471. The molecule has 0 saturated heterocycles. The standard InChI is InChI=1S/C47H38N2O/c1-29-14-12-23-41-44(29)49-39-21-11-10-20-36(39)47(4,5)43-40(26-27-42(50-41)45(43)49)48(38-22-13-16-30-15-6-7-17-32(30)38)31-24-25-34-33-18-8-9-19-35(33)46(2,3)37(34)28-31/h6-28H,1-5H3. The van der Waals surface area contributed by atoms with Gasteiger partial charge in [-0.25, -0.2) is 0 Å². The molecule has 3 heteroatoms. The fourth-order valence-corrected chi connectivity index (χ4v) is 9.11. The van der Waals surface area contributed by atoms with Crippen LogP contribution in [-0.4, -0.2) is 0 Å². The van der Waals surface area contributed by atoms with Crippen LogP contribution < -0.4 is 14.5 Å². The van der Waals surface area contributed by atoms with E-state index in [1.54, 1.807) is 0 Å². The lowest BCUT2D eigenvalue weighted by atomic mass is 9.72. The van der Waals surface area contributed by atoms with E-state index in [0.717, 1.165) is 39.9 Å². The zero-order chi connectivity index (χ0) is 33.9. The van der Waals surface area contributed by atoms with Crippen molar-refractivity contribution < 1.29 is 4.74 Å². The Morgan fingerprint density at radius 2 is 1.24 bits per heavy atom. The van der Waals surface area contributed by atoms with Gasteiger partial charge in [0.05, 0.1) is 28.4 Å². The Morgan fingerprint density at radius 3 is 2.12 bits per heavy atom. The summed E-state index contributed by atoms with van der Waals surface area (Å²) in [5, 5.41) is 2.43. The highest BCUT2D eigenvalue weighted by atomic mass is 16.5. The number of aryl methyl sites for hydroxylation is 1. The molecule has 0 fully saturated rings. The third-order valence-corrected chi connectivity index (χ3v) is 11.5. The summed E-state index contributed by atoms with van der Waals surface area (Å²) in [5.74, 6) is 1.77. The molecule has 3 aliphatic rings. The maximum Gasteiger partial charge on any atom is 0.152 e. The van der Waals surface area contributed by atoms with E-state index in [1.165, 1.54) is 55.4 Å². The van der Waals surface area contributed by atoms with Crippen LogP contribution in [0.4, 0.5) is 34.1 Å². The molecule has 1 aliphatic carbocycles. The number of fused-ring (bicyclic) bond motifs is 8. The van der Waals surface area contributed by atoms with Crippen LogP contribution in [0, 0.1) is 6.92 Å². The van der Waals surface area contributed by atoms with E-state index in [-0.39, 0.29) is 10.8 Å². The molecular weight excluding hydrogens is 609 g/mol. The normalized spacial score (nSPS) is 15.3. The number of nitrogens with zero attached hydrogens (tertiary/aromatic N) is 2. The molecule has 0 spiro atoms. The maximum absolute atomic E-state index is 6.79. The highest BCUT2D eigenvalue weighted by Crippen LogP contribution is 2.63. The molecule has 0 N–H and O–H groups in total. The van der Waals surface area contributed by atoms with Crippen LogP contribution >= 0.6 is 0 Å². The van der Waals surface area contributed by atoms with Crippen LogP contribution in [-0.2, 0) is 10.8 Å². The third-order valence-electron chi connectivity index (χ3n) is 11.5. The second-order valence-electron chi connectivity index (χ2n) is 15.0. The molecule has 3 nitrogen and oxygen atoms in total. The molecule has 2 aliphatic heterocycles. The predicted octanol–water partition coefficient (Wildman–Crippen LogP) is 13.1. The molecule has 0 atom stereocenters. The summed E-state index contributed by atoms with van der Waals surface area (Å²) >= 11 is 0. The number of ether oxygens (including phenoxy) is 1. The van der Waals surface area contributed by atoms with Crippen LogP contribution in [0.3, 0.4) is 0 Å². The number of rotatable bonds is 3. The Bertz CT molecular complexity index is 2550. The minimum atomic E-state index is -0.341. The monoisotopic (exact) mass is 646 g/mol. The van der Waals surface area contributed by atoms with E-state index >= 15 is 0 Å².